The second-order valence-corrected chi connectivity index (χ2v) is 3.36. The molecule has 0 aliphatic carbocycles. The molecule has 1 radical (unpaired) electrons. The summed E-state index contributed by atoms with van der Waals surface area (Å²) in [6, 6.07) is 8.57. The first kappa shape index (κ1) is 8.52. The van der Waals surface area contributed by atoms with Crippen molar-refractivity contribution >= 4 is 0 Å². The molecule has 0 atom stereocenters. The Morgan fingerprint density at radius 3 is 3.08 bits per heavy atom. The molecule has 0 unspecified atom stereocenters. The van der Waals surface area contributed by atoms with Crippen molar-refractivity contribution in [2.75, 3.05) is 13.1 Å². The predicted molar refractivity (Wildman–Crippen MR) is 55.3 cm³/mol. The average Bonchev–Trinajstić information content (AvgIpc) is 2.18. The number of nitrogens with zero attached hydrogens (tertiary/aromatic N) is 1. The molecule has 67 valence electrons. The van der Waals surface area contributed by atoms with Gasteiger partial charge in [-0.1, -0.05) is 30.3 Å². The van der Waals surface area contributed by atoms with Gasteiger partial charge in [-0.25, -0.2) is 0 Å². The third-order valence-corrected chi connectivity index (χ3v) is 2.41. The van der Waals surface area contributed by atoms with Crippen LogP contribution in [0.2, 0.25) is 0 Å². The largest absolute Gasteiger partial charge is 0.290 e. The van der Waals surface area contributed by atoms with Crippen molar-refractivity contribution in [3.8, 4) is 0 Å². The molecule has 1 heterocycles. The zero-order chi connectivity index (χ0) is 9.10. The standard InChI is InChI=1S/C12H14N/c1-2-8-13-9-7-11-5-3-4-6-12(11)10-13/h2-6,10H,1,7-9H2. The molecule has 2 rings (SSSR count). The van der Waals surface area contributed by atoms with E-state index in [4.69, 9.17) is 0 Å². The van der Waals surface area contributed by atoms with Crippen LogP contribution >= 0.6 is 0 Å². The summed E-state index contributed by atoms with van der Waals surface area (Å²) in [5, 5.41) is 0. The molecule has 1 aliphatic heterocycles. The monoisotopic (exact) mass is 172 g/mol. The van der Waals surface area contributed by atoms with Crippen molar-refractivity contribution in [1.29, 1.82) is 0 Å². The second kappa shape index (κ2) is 3.75. The maximum absolute atomic E-state index is 3.75. The summed E-state index contributed by atoms with van der Waals surface area (Å²) in [5.41, 5.74) is 2.82. The van der Waals surface area contributed by atoms with E-state index in [0.717, 1.165) is 19.5 Å². The number of hydrogen-bond donors (Lipinski definition) is 0. The van der Waals surface area contributed by atoms with Gasteiger partial charge in [-0.15, -0.1) is 6.58 Å². The van der Waals surface area contributed by atoms with Crippen molar-refractivity contribution < 1.29 is 0 Å². The number of fused-ring (bicyclic) bond motifs is 1. The van der Waals surface area contributed by atoms with E-state index in [2.05, 4.69) is 42.3 Å². The van der Waals surface area contributed by atoms with Gasteiger partial charge in [-0.2, -0.15) is 0 Å². The molecule has 0 amide bonds. The highest BCUT2D eigenvalue weighted by Crippen LogP contribution is 2.19. The molecule has 1 heteroatoms. The summed E-state index contributed by atoms with van der Waals surface area (Å²) >= 11 is 0. The van der Waals surface area contributed by atoms with Crippen LogP contribution in [0.1, 0.15) is 11.1 Å². The zero-order valence-electron chi connectivity index (χ0n) is 7.74. The normalized spacial score (nSPS) is 16.6. The van der Waals surface area contributed by atoms with Crippen LogP contribution in [0.15, 0.2) is 36.9 Å². The molecular weight excluding hydrogens is 158 g/mol. The number of benzene rings is 1. The van der Waals surface area contributed by atoms with Crippen LogP contribution in [0.3, 0.4) is 0 Å². The molecule has 1 nitrogen and oxygen atoms in total. The van der Waals surface area contributed by atoms with Crippen molar-refractivity contribution in [1.82, 2.24) is 4.90 Å². The number of rotatable bonds is 2. The molecule has 1 aromatic carbocycles. The first-order chi connectivity index (χ1) is 6.40. The molecule has 0 spiro atoms. The Balaban J connectivity index is 2.15. The lowest BCUT2D eigenvalue weighted by Crippen LogP contribution is -2.28. The van der Waals surface area contributed by atoms with E-state index in [9.17, 15) is 0 Å². The summed E-state index contributed by atoms with van der Waals surface area (Å²) < 4.78 is 0. The van der Waals surface area contributed by atoms with Crippen molar-refractivity contribution in [3.63, 3.8) is 0 Å². The Hall–Kier alpha value is -1.08. The van der Waals surface area contributed by atoms with Crippen LogP contribution in [-0.2, 0) is 6.42 Å². The Morgan fingerprint density at radius 2 is 2.23 bits per heavy atom. The van der Waals surface area contributed by atoms with Crippen LogP contribution in [0.4, 0.5) is 0 Å². The second-order valence-electron chi connectivity index (χ2n) is 3.36. The third-order valence-electron chi connectivity index (χ3n) is 2.41. The summed E-state index contributed by atoms with van der Waals surface area (Å²) in [7, 11) is 0. The van der Waals surface area contributed by atoms with E-state index in [1.165, 1.54) is 11.1 Å². The molecule has 0 bridgehead atoms. The van der Waals surface area contributed by atoms with Gasteiger partial charge in [0.05, 0.1) is 6.54 Å². The lowest BCUT2D eigenvalue weighted by molar-refractivity contribution is 0.370. The molecule has 0 saturated heterocycles. The summed E-state index contributed by atoms with van der Waals surface area (Å²) in [5.74, 6) is 0. The van der Waals surface area contributed by atoms with Gasteiger partial charge in [0.15, 0.2) is 0 Å². The average molecular weight is 172 g/mol. The Morgan fingerprint density at radius 1 is 1.38 bits per heavy atom. The minimum Gasteiger partial charge on any atom is -0.290 e. The van der Waals surface area contributed by atoms with Crippen LogP contribution < -0.4 is 0 Å². The quantitative estimate of drug-likeness (QED) is 0.618. The highest BCUT2D eigenvalue weighted by atomic mass is 15.1. The van der Waals surface area contributed by atoms with E-state index in [0.29, 0.717) is 0 Å². The van der Waals surface area contributed by atoms with Crippen molar-refractivity contribution in [2.24, 2.45) is 0 Å². The fraction of sp³-hybridized carbons (Fsp3) is 0.250. The zero-order valence-corrected chi connectivity index (χ0v) is 7.74. The minimum atomic E-state index is 0.953. The van der Waals surface area contributed by atoms with Crippen molar-refractivity contribution in [2.45, 2.75) is 6.42 Å². The van der Waals surface area contributed by atoms with Crippen LogP contribution in [0.5, 0.6) is 0 Å². The molecule has 0 aromatic heterocycles. The predicted octanol–water partition coefficient (Wildman–Crippen LogP) is 2.24. The third kappa shape index (κ3) is 1.81. The topological polar surface area (TPSA) is 3.24 Å². The van der Waals surface area contributed by atoms with Crippen LogP contribution in [0.25, 0.3) is 0 Å². The van der Waals surface area contributed by atoms with E-state index < -0.39 is 0 Å². The van der Waals surface area contributed by atoms with E-state index in [1.54, 1.807) is 0 Å². The summed E-state index contributed by atoms with van der Waals surface area (Å²) in [4.78, 5) is 2.30. The summed E-state index contributed by atoms with van der Waals surface area (Å²) in [6.07, 6.45) is 3.10. The molecule has 1 aromatic rings. The Labute approximate surface area is 79.7 Å². The van der Waals surface area contributed by atoms with Gasteiger partial charge >= 0.3 is 0 Å². The molecule has 1 aliphatic rings. The van der Waals surface area contributed by atoms with Gasteiger partial charge in [-0.05, 0) is 17.5 Å². The molecule has 0 saturated carbocycles. The molecule has 0 N–H and O–H groups in total. The van der Waals surface area contributed by atoms with Gasteiger partial charge in [-0.3, -0.25) is 4.90 Å². The van der Waals surface area contributed by atoms with E-state index in [1.807, 2.05) is 6.08 Å². The fourth-order valence-corrected chi connectivity index (χ4v) is 1.72. The highest BCUT2D eigenvalue weighted by molar-refractivity contribution is 5.34. The van der Waals surface area contributed by atoms with Crippen LogP contribution in [0, 0.1) is 6.54 Å². The summed E-state index contributed by atoms with van der Waals surface area (Å²) in [6.45, 7) is 8.04. The Kier molecular flexibility index (Phi) is 2.46. The van der Waals surface area contributed by atoms with Gasteiger partial charge < -0.3 is 0 Å². The van der Waals surface area contributed by atoms with Gasteiger partial charge in [0.25, 0.3) is 0 Å². The lowest BCUT2D eigenvalue weighted by Gasteiger charge is -2.26. The minimum absolute atomic E-state index is 0.953. The fourth-order valence-electron chi connectivity index (χ4n) is 1.72. The Bertz CT molecular complexity index is 304. The molecule has 0 fully saturated rings. The molecular formula is C12H14N. The first-order valence-corrected chi connectivity index (χ1v) is 4.68. The van der Waals surface area contributed by atoms with Gasteiger partial charge in [0.1, 0.15) is 0 Å². The highest BCUT2D eigenvalue weighted by Gasteiger charge is 2.13. The van der Waals surface area contributed by atoms with Crippen molar-refractivity contribution in [3.05, 3.63) is 54.6 Å². The molecule has 13 heavy (non-hydrogen) atoms. The van der Waals surface area contributed by atoms with E-state index in [-0.39, 0.29) is 0 Å². The van der Waals surface area contributed by atoms with Gasteiger partial charge in [0.2, 0.25) is 0 Å². The maximum Gasteiger partial charge on any atom is 0.0551 e. The number of hydrogen-bond acceptors (Lipinski definition) is 1. The first-order valence-electron chi connectivity index (χ1n) is 4.68. The van der Waals surface area contributed by atoms with E-state index >= 15 is 0 Å². The van der Waals surface area contributed by atoms with Gasteiger partial charge in [0, 0.05) is 13.1 Å². The smallest absolute Gasteiger partial charge is 0.0551 e. The lowest BCUT2D eigenvalue weighted by atomic mass is 10.0. The maximum atomic E-state index is 3.75. The van der Waals surface area contributed by atoms with Crippen LogP contribution in [-0.4, -0.2) is 18.0 Å². The SMILES string of the molecule is C=CCN1[CH]c2ccccc2CC1.